The SMILES string of the molecule is Cc1nc(CS(C)=O)co1. The minimum Gasteiger partial charge on any atom is -0.449 e. The Kier molecular flexibility index (Phi) is 2.21. The van der Waals surface area contributed by atoms with E-state index in [4.69, 9.17) is 4.42 Å². The van der Waals surface area contributed by atoms with E-state index in [1.54, 1.807) is 13.2 Å². The van der Waals surface area contributed by atoms with Gasteiger partial charge >= 0.3 is 0 Å². The summed E-state index contributed by atoms with van der Waals surface area (Å²) in [5.74, 6) is 1.11. The number of hydrogen-bond donors (Lipinski definition) is 0. The number of hydrogen-bond acceptors (Lipinski definition) is 3. The van der Waals surface area contributed by atoms with Gasteiger partial charge in [-0.15, -0.1) is 0 Å². The minimum absolute atomic E-state index is 0.483. The molecule has 0 saturated carbocycles. The zero-order chi connectivity index (χ0) is 7.56. The maximum Gasteiger partial charge on any atom is 0.191 e. The van der Waals surface area contributed by atoms with Crippen molar-refractivity contribution in [2.45, 2.75) is 12.7 Å². The fraction of sp³-hybridized carbons (Fsp3) is 0.500. The number of rotatable bonds is 2. The summed E-state index contributed by atoms with van der Waals surface area (Å²) in [4.78, 5) is 3.99. The third kappa shape index (κ3) is 1.95. The molecular formula is C6H9NO2S. The van der Waals surface area contributed by atoms with Gasteiger partial charge in [-0.25, -0.2) is 4.98 Å². The predicted octanol–water partition coefficient (Wildman–Crippen LogP) is 0.862. The van der Waals surface area contributed by atoms with E-state index in [9.17, 15) is 4.21 Å². The monoisotopic (exact) mass is 159 g/mol. The van der Waals surface area contributed by atoms with Crippen molar-refractivity contribution in [3.8, 4) is 0 Å². The molecule has 1 heterocycles. The topological polar surface area (TPSA) is 43.1 Å². The molecule has 0 fully saturated rings. The average Bonchev–Trinajstić information content (AvgIpc) is 2.13. The Balaban J connectivity index is 2.67. The van der Waals surface area contributed by atoms with Gasteiger partial charge in [-0.1, -0.05) is 0 Å². The molecule has 0 aromatic carbocycles. The molecule has 56 valence electrons. The molecule has 4 heteroatoms. The number of nitrogens with zero attached hydrogens (tertiary/aromatic N) is 1. The van der Waals surface area contributed by atoms with Crippen LogP contribution in [0.3, 0.4) is 0 Å². The lowest BCUT2D eigenvalue weighted by Crippen LogP contribution is -1.91. The molecule has 1 unspecified atom stereocenters. The highest BCUT2D eigenvalue weighted by Crippen LogP contribution is 2.01. The normalized spacial score (nSPS) is 13.4. The molecule has 1 aromatic heterocycles. The van der Waals surface area contributed by atoms with E-state index in [0.717, 1.165) is 5.69 Å². The van der Waals surface area contributed by atoms with Crippen molar-refractivity contribution in [3.63, 3.8) is 0 Å². The fourth-order valence-electron chi connectivity index (χ4n) is 0.683. The smallest absolute Gasteiger partial charge is 0.191 e. The molecule has 0 spiro atoms. The van der Waals surface area contributed by atoms with Gasteiger partial charge in [-0.3, -0.25) is 4.21 Å². The summed E-state index contributed by atoms with van der Waals surface area (Å²) in [6, 6.07) is 0. The van der Waals surface area contributed by atoms with E-state index < -0.39 is 10.8 Å². The Morgan fingerprint density at radius 3 is 2.90 bits per heavy atom. The molecule has 0 N–H and O–H groups in total. The Hall–Kier alpha value is -0.640. The van der Waals surface area contributed by atoms with Crippen LogP contribution in [0.25, 0.3) is 0 Å². The molecule has 0 bridgehead atoms. The number of aromatic nitrogens is 1. The van der Waals surface area contributed by atoms with Crippen LogP contribution in [0.2, 0.25) is 0 Å². The van der Waals surface area contributed by atoms with E-state index in [-0.39, 0.29) is 0 Å². The van der Waals surface area contributed by atoms with Crippen molar-refractivity contribution in [3.05, 3.63) is 17.8 Å². The van der Waals surface area contributed by atoms with Crippen LogP contribution in [0.5, 0.6) is 0 Å². The fourth-order valence-corrected chi connectivity index (χ4v) is 1.23. The highest BCUT2D eigenvalue weighted by Gasteiger charge is 2.00. The summed E-state index contributed by atoms with van der Waals surface area (Å²) in [7, 11) is -0.826. The molecular weight excluding hydrogens is 150 g/mol. The van der Waals surface area contributed by atoms with Gasteiger partial charge in [-0.2, -0.15) is 0 Å². The van der Waals surface area contributed by atoms with Gasteiger partial charge in [0.05, 0.1) is 11.4 Å². The highest BCUT2D eigenvalue weighted by atomic mass is 32.2. The molecule has 3 nitrogen and oxygen atoms in total. The van der Waals surface area contributed by atoms with Crippen molar-refractivity contribution < 1.29 is 8.63 Å². The van der Waals surface area contributed by atoms with Crippen molar-refractivity contribution in [1.29, 1.82) is 0 Å². The van der Waals surface area contributed by atoms with E-state index in [0.29, 0.717) is 11.6 Å². The quantitative estimate of drug-likeness (QED) is 0.642. The van der Waals surface area contributed by atoms with Gasteiger partial charge in [0.2, 0.25) is 0 Å². The third-order valence-corrected chi connectivity index (χ3v) is 1.72. The first kappa shape index (κ1) is 7.47. The molecule has 1 rings (SSSR count). The van der Waals surface area contributed by atoms with Gasteiger partial charge < -0.3 is 4.42 Å². The molecule has 1 aromatic rings. The summed E-state index contributed by atoms with van der Waals surface area (Å²) in [5.41, 5.74) is 0.762. The van der Waals surface area contributed by atoms with Crippen LogP contribution in [0.4, 0.5) is 0 Å². The van der Waals surface area contributed by atoms with Crippen molar-refractivity contribution in [2.24, 2.45) is 0 Å². The minimum atomic E-state index is -0.826. The average molecular weight is 159 g/mol. The number of aryl methyl sites for hydroxylation is 1. The lowest BCUT2D eigenvalue weighted by atomic mass is 10.6. The summed E-state index contributed by atoms with van der Waals surface area (Å²) >= 11 is 0. The number of oxazole rings is 1. The van der Waals surface area contributed by atoms with Gasteiger partial charge in [0, 0.05) is 24.0 Å². The van der Waals surface area contributed by atoms with E-state index in [1.165, 1.54) is 6.26 Å². The van der Waals surface area contributed by atoms with Crippen LogP contribution in [0.15, 0.2) is 10.7 Å². The molecule has 0 saturated heterocycles. The standard InChI is InChI=1S/C6H9NO2S/c1-5-7-6(3-9-5)4-10(2)8/h3H,4H2,1-2H3. The molecule has 0 aliphatic rings. The maximum absolute atomic E-state index is 10.7. The zero-order valence-corrected chi connectivity index (χ0v) is 6.77. The largest absolute Gasteiger partial charge is 0.449 e. The van der Waals surface area contributed by atoms with E-state index in [1.807, 2.05) is 0 Å². The van der Waals surface area contributed by atoms with E-state index in [2.05, 4.69) is 4.98 Å². The Labute approximate surface area is 61.9 Å². The molecule has 1 atom stereocenters. The zero-order valence-electron chi connectivity index (χ0n) is 5.96. The first-order chi connectivity index (χ1) is 4.68. The van der Waals surface area contributed by atoms with Crippen molar-refractivity contribution in [2.75, 3.05) is 6.26 Å². The molecule has 0 aliphatic carbocycles. The van der Waals surface area contributed by atoms with Gasteiger partial charge in [0.15, 0.2) is 5.89 Å². The second kappa shape index (κ2) is 2.96. The molecule has 0 amide bonds. The second-order valence-electron chi connectivity index (χ2n) is 2.08. The second-order valence-corrected chi connectivity index (χ2v) is 3.51. The first-order valence-electron chi connectivity index (χ1n) is 2.89. The van der Waals surface area contributed by atoms with Crippen molar-refractivity contribution in [1.82, 2.24) is 4.98 Å². The van der Waals surface area contributed by atoms with Crippen molar-refractivity contribution >= 4 is 10.8 Å². The Bertz CT molecular complexity index is 244. The highest BCUT2D eigenvalue weighted by molar-refractivity contribution is 7.83. The van der Waals surface area contributed by atoms with Crippen LogP contribution in [-0.2, 0) is 16.6 Å². The van der Waals surface area contributed by atoms with Crippen LogP contribution in [0.1, 0.15) is 11.6 Å². The first-order valence-corrected chi connectivity index (χ1v) is 4.62. The third-order valence-electron chi connectivity index (χ3n) is 1.02. The van der Waals surface area contributed by atoms with Crippen LogP contribution < -0.4 is 0 Å². The van der Waals surface area contributed by atoms with Crippen LogP contribution in [-0.4, -0.2) is 15.4 Å². The summed E-state index contributed by atoms with van der Waals surface area (Å²) in [6.07, 6.45) is 3.18. The molecule has 0 aliphatic heterocycles. The molecule has 10 heavy (non-hydrogen) atoms. The predicted molar refractivity (Wildman–Crippen MR) is 39.0 cm³/mol. The lowest BCUT2D eigenvalue weighted by molar-refractivity contribution is 0.521. The van der Waals surface area contributed by atoms with E-state index >= 15 is 0 Å². The summed E-state index contributed by atoms with van der Waals surface area (Å²) < 4.78 is 15.6. The van der Waals surface area contributed by atoms with Gasteiger partial charge in [-0.05, 0) is 0 Å². The van der Waals surface area contributed by atoms with Crippen LogP contribution >= 0.6 is 0 Å². The van der Waals surface area contributed by atoms with Gasteiger partial charge in [0.1, 0.15) is 6.26 Å². The maximum atomic E-state index is 10.7. The lowest BCUT2D eigenvalue weighted by Gasteiger charge is -1.85. The molecule has 0 radical (unpaired) electrons. The van der Waals surface area contributed by atoms with Gasteiger partial charge in [0.25, 0.3) is 0 Å². The Morgan fingerprint density at radius 1 is 1.80 bits per heavy atom. The summed E-state index contributed by atoms with van der Waals surface area (Å²) in [5, 5.41) is 0. The van der Waals surface area contributed by atoms with Crippen LogP contribution in [0, 0.1) is 6.92 Å². The Morgan fingerprint density at radius 2 is 2.50 bits per heavy atom. The summed E-state index contributed by atoms with van der Waals surface area (Å²) in [6.45, 7) is 1.77.